The van der Waals surface area contributed by atoms with Crippen molar-refractivity contribution in [1.82, 2.24) is 0 Å². The number of ketones is 1. The summed E-state index contributed by atoms with van der Waals surface area (Å²) >= 11 is 0. The van der Waals surface area contributed by atoms with Crippen LogP contribution in [-0.4, -0.2) is 190 Å². The molecular weight excluding hydrogens is 1460 g/mol. The van der Waals surface area contributed by atoms with E-state index in [0.29, 0.717) is 38.5 Å². The zero-order valence-corrected chi connectivity index (χ0v) is 72.8. The predicted molar refractivity (Wildman–Crippen MR) is 263 cm³/mol. The van der Waals surface area contributed by atoms with Gasteiger partial charge in [0.05, 0.1) is 31.8 Å². The number of hydrogen-bond acceptors (Lipinski definition) is 35. The normalized spacial score (nSPS) is 37.9. The molecule has 2 aliphatic heterocycles. The first-order valence-corrected chi connectivity index (χ1v) is 35.0. The maximum atomic E-state index is 15.1. The Bertz CT molecular complexity index is 3480. The number of carbonyl (C=O) groups excluding carboxylic acids is 2. The second kappa shape index (κ2) is 34.6. The van der Waals surface area contributed by atoms with Gasteiger partial charge in [0.25, 0.3) is 0 Å². The Morgan fingerprint density at radius 2 is 0.913 bits per heavy atom. The summed E-state index contributed by atoms with van der Waals surface area (Å²) in [6.45, 7) is 9.60. The SMILES string of the molecule is COC(=O)[C@@]1(C)CC[C@]2(C)CC[C@]3(C)C(=CC(=O)[C@@H]4[C@@]5(C)CC[C@H](O[C@@H]6O[C@H](COS(=O)(=O)[O-])[C@@H](O[C@@H]7O[C@H](COS(=O)(=O)[O-])[C@H](OS(=O)(=O)[O-])[C@H](OS(=O)(=O)[O-])[C@H]7OS(=O)(=O)[O-])[C@H](OS(=O)(=O)[O-])[C@H]6OS(=O)(=O)[O-])C(C)(C)[C@@H]5CC[C@]43C)[C@@H]2C1.[Na+].[Na+].[Na+].[Na+].[Na+].[Na+].[Na+]. The minimum Gasteiger partial charge on any atom is -0.726 e. The Labute approximate surface area is 690 Å². The molecule has 0 spiro atoms. The molecule has 0 aromatic carbocycles. The number of methoxy groups -OCH3 is 1. The van der Waals surface area contributed by atoms with Crippen LogP contribution in [0, 0.1) is 50.2 Å². The van der Waals surface area contributed by atoms with E-state index in [2.05, 4.69) is 50.1 Å². The number of allylic oxidation sites excluding steroid dienone is 2. The van der Waals surface area contributed by atoms with Crippen LogP contribution in [0.3, 0.4) is 0 Å². The molecule has 7 aliphatic rings. The molecule has 2 heterocycles. The molecule has 0 N–H and O–H groups in total. The van der Waals surface area contributed by atoms with Gasteiger partial charge in [0.2, 0.25) is 72.8 Å². The van der Waals surface area contributed by atoms with E-state index in [1.165, 1.54) is 7.11 Å². The van der Waals surface area contributed by atoms with Crippen LogP contribution in [0.25, 0.3) is 0 Å². The van der Waals surface area contributed by atoms with Crippen LogP contribution in [-0.2, 0) is 135 Å². The first kappa shape index (κ1) is 96.8. The summed E-state index contributed by atoms with van der Waals surface area (Å²) in [5, 5.41) is 0. The fourth-order valence-electron chi connectivity index (χ4n) is 15.1. The van der Waals surface area contributed by atoms with Gasteiger partial charge in [-0.1, -0.05) is 47.1 Å². The molecule has 5 aliphatic carbocycles. The van der Waals surface area contributed by atoms with Gasteiger partial charge in [-0.25, -0.2) is 58.9 Å². The first-order valence-electron chi connectivity index (χ1n) is 25.6. The monoisotopic (exact) mass is 1520 g/mol. The Balaban J connectivity index is 0.0000118. The van der Waals surface area contributed by atoms with E-state index in [-0.39, 0.29) is 243 Å². The van der Waals surface area contributed by atoms with Crippen molar-refractivity contribution in [2.75, 3.05) is 20.3 Å². The predicted octanol–water partition coefficient (Wildman–Crippen LogP) is -22.4. The van der Waals surface area contributed by atoms with Crippen molar-refractivity contribution in [3.8, 4) is 0 Å². The number of fused-ring (bicyclic) bond motifs is 7. The molecule has 2 saturated heterocycles. The van der Waals surface area contributed by atoms with E-state index >= 15 is 4.79 Å². The van der Waals surface area contributed by atoms with E-state index in [1.54, 1.807) is 19.9 Å². The molecule has 0 amide bonds. The van der Waals surface area contributed by atoms with Crippen LogP contribution in [0.15, 0.2) is 11.6 Å². The van der Waals surface area contributed by atoms with Crippen molar-refractivity contribution < 1.29 is 360 Å². The van der Waals surface area contributed by atoms with Crippen LogP contribution >= 0.6 is 0 Å². The summed E-state index contributed by atoms with van der Waals surface area (Å²) in [6.07, 6.45) is -27.2. The van der Waals surface area contributed by atoms with Crippen molar-refractivity contribution in [3.63, 3.8) is 0 Å². The Hall–Kier alpha value is 4.81. The van der Waals surface area contributed by atoms with E-state index < -0.39 is 192 Å². The second-order valence-corrected chi connectivity index (χ2v) is 31.3. The summed E-state index contributed by atoms with van der Waals surface area (Å²) < 4.78 is 313. The van der Waals surface area contributed by atoms with Gasteiger partial charge in [-0.05, 0) is 110 Å². The van der Waals surface area contributed by atoms with Gasteiger partial charge in [0.15, 0.2) is 30.6 Å². The topological polar surface area (TPSA) is 545 Å². The Morgan fingerprint density at radius 1 is 0.511 bits per heavy atom. The number of ether oxygens (including phenoxy) is 5. The molecule has 6 fully saturated rings. The number of esters is 1. The first-order chi connectivity index (χ1) is 38.3. The van der Waals surface area contributed by atoms with Gasteiger partial charge >= 0.3 is 213 Å². The summed E-state index contributed by atoms with van der Waals surface area (Å²) in [5.74, 6) is -1.93. The quantitative estimate of drug-likeness (QED) is 0.0338. The molecule has 4 saturated carbocycles. The van der Waals surface area contributed by atoms with E-state index in [1.807, 2.05) is 13.8 Å². The summed E-state index contributed by atoms with van der Waals surface area (Å²) in [4.78, 5) is 28.3. The van der Waals surface area contributed by atoms with E-state index in [4.69, 9.17) is 23.7 Å². The third-order valence-electron chi connectivity index (χ3n) is 18.9. The smallest absolute Gasteiger partial charge is 0.726 e. The molecule has 7 rings (SSSR count). The van der Waals surface area contributed by atoms with E-state index in [0.717, 1.165) is 12.0 Å². The van der Waals surface area contributed by atoms with E-state index in [9.17, 15) is 95.6 Å². The molecule has 35 nitrogen and oxygen atoms in total. The molecule has 492 valence electrons. The molecule has 0 aromatic rings. The van der Waals surface area contributed by atoms with Crippen LogP contribution in [0.2, 0.25) is 0 Å². The molecule has 0 aromatic heterocycles. The van der Waals surface area contributed by atoms with Gasteiger partial charge < -0.3 is 55.6 Å². The van der Waals surface area contributed by atoms with Gasteiger partial charge in [-0.15, -0.1) is 0 Å². The third kappa shape index (κ3) is 22.7. The minimum atomic E-state index is -6.51. The number of hydrogen-bond donors (Lipinski definition) is 0. The summed E-state index contributed by atoms with van der Waals surface area (Å²) in [7, 11) is -42.9. The van der Waals surface area contributed by atoms with Crippen LogP contribution in [0.5, 0.6) is 0 Å². The average molecular weight is 1520 g/mol. The molecule has 49 heteroatoms. The van der Waals surface area contributed by atoms with Gasteiger partial charge in [-0.3, -0.25) is 38.9 Å². The number of carbonyl (C=O) groups is 2. The number of rotatable bonds is 21. The zero-order valence-electron chi connectivity index (χ0n) is 53.1. The third-order valence-corrected chi connectivity index (χ3v) is 22.0. The maximum Gasteiger partial charge on any atom is 1.00 e. The zero-order chi connectivity index (χ0) is 64.3. The van der Waals surface area contributed by atoms with Crippen molar-refractivity contribution in [3.05, 3.63) is 11.6 Å². The summed E-state index contributed by atoms with van der Waals surface area (Å²) in [6, 6.07) is 0. The van der Waals surface area contributed by atoms with Crippen LogP contribution in [0.1, 0.15) is 106 Å². The van der Waals surface area contributed by atoms with Crippen molar-refractivity contribution >= 4 is 84.5 Å². The fraction of sp³-hybridized carbons (Fsp3) is 0.907. The largest absolute Gasteiger partial charge is 1.00 e. The molecule has 19 atom stereocenters. The minimum absolute atomic E-state index is 0. The van der Waals surface area contributed by atoms with Gasteiger partial charge in [0.1, 0.15) is 36.6 Å². The standard InChI is InChI=1S/C43H68O35S7.7Na/c1-38(2)26-9-12-43(7)34(23(44)17-21-22-18-40(4,37(45)67-8)14-13-39(22,3)15-16-42(21,43)6)41(26,5)11-10-27(38)72-35-32(77-84(61,62)63)30(75-82(55,56)57)28(24(70-35)19-68-79(46,47)48)73-36-33(78-85(64,65)66)31(76-83(58,59)60)29(74-81(52,53)54)25(71-36)20-69-80(49,50)51;;;;;;;/h17,22,24-36H,9-16,18-20H2,1-8H3,(H,46,47,48)(H,49,50,51)(H,52,53,54)(H,55,56,57)(H,58,59,60)(H,61,62,63)(H,64,65,66);;;;;;;/q;7*+1/p-7/t22-,24+,25+,26-,27-,28+,29-,30-,31-,32+,33+,34+,35-,36-,39+,40-,41-,42+,43+;;;;;;;/m0......./s1. The molecule has 0 radical (unpaired) electrons. The summed E-state index contributed by atoms with van der Waals surface area (Å²) in [5.41, 5.74) is -3.55. The van der Waals surface area contributed by atoms with Crippen LogP contribution in [0.4, 0.5) is 0 Å². The Kier molecular flexibility index (Phi) is 36.4. The van der Waals surface area contributed by atoms with Crippen molar-refractivity contribution in [2.24, 2.45) is 50.2 Å². The van der Waals surface area contributed by atoms with Gasteiger partial charge in [-0.2, -0.15) is 0 Å². The van der Waals surface area contributed by atoms with Crippen molar-refractivity contribution in [1.29, 1.82) is 0 Å². The molecule has 0 bridgehead atoms. The van der Waals surface area contributed by atoms with Gasteiger partial charge in [0, 0.05) is 5.92 Å². The van der Waals surface area contributed by atoms with Crippen molar-refractivity contribution in [2.45, 2.75) is 174 Å². The fourth-order valence-corrected chi connectivity index (χ4v) is 18.1. The second-order valence-electron chi connectivity index (χ2n) is 24.1. The maximum absolute atomic E-state index is 15.1. The average Bonchev–Trinajstić information content (AvgIpc) is 0.675. The molecule has 0 unspecified atom stereocenters. The molecular formula is C43H61Na7O35S7. The van der Waals surface area contributed by atoms with Crippen LogP contribution < -0.4 is 207 Å². The Morgan fingerprint density at radius 3 is 1.35 bits per heavy atom. The molecule has 92 heavy (non-hydrogen) atoms.